The molecule has 1 aromatic heterocycles. The second-order valence-corrected chi connectivity index (χ2v) is 7.47. The van der Waals surface area contributed by atoms with E-state index in [1.165, 1.54) is 4.90 Å². The number of hydrogen-bond acceptors (Lipinski definition) is 4. The Morgan fingerprint density at radius 1 is 1.14 bits per heavy atom. The fraction of sp³-hybridized carbons (Fsp3) is 0.267. The molecule has 1 fully saturated rings. The molecule has 0 aliphatic carbocycles. The minimum atomic E-state index is -2.99. The van der Waals surface area contributed by atoms with Gasteiger partial charge in [-0.3, -0.25) is 0 Å². The van der Waals surface area contributed by atoms with Crippen molar-refractivity contribution in [3.63, 3.8) is 0 Å². The first kappa shape index (κ1) is 14.6. The Hall–Kier alpha value is -2.28. The van der Waals surface area contributed by atoms with Crippen LogP contribution < -0.4 is 5.32 Å². The number of nitrogens with zero attached hydrogens (tertiary/aromatic N) is 1. The van der Waals surface area contributed by atoms with Crippen LogP contribution in [0.4, 0.5) is 10.5 Å². The lowest BCUT2D eigenvalue weighted by Crippen LogP contribution is -2.45. The van der Waals surface area contributed by atoms with Gasteiger partial charge in [0.25, 0.3) is 0 Å². The Bertz CT molecular complexity index is 755. The van der Waals surface area contributed by atoms with Crippen LogP contribution in [0.5, 0.6) is 0 Å². The molecule has 1 saturated heterocycles. The van der Waals surface area contributed by atoms with Crippen LogP contribution >= 0.6 is 0 Å². The van der Waals surface area contributed by atoms with Crippen LogP contribution in [0.3, 0.4) is 0 Å². The number of amides is 2. The van der Waals surface area contributed by atoms with E-state index in [9.17, 15) is 13.2 Å². The molecule has 0 spiro atoms. The molecule has 0 radical (unpaired) electrons. The van der Waals surface area contributed by atoms with Gasteiger partial charge in [0.2, 0.25) is 0 Å². The summed E-state index contributed by atoms with van der Waals surface area (Å²) in [6.45, 7) is 0.463. The van der Waals surface area contributed by atoms with Crippen molar-refractivity contribution in [1.82, 2.24) is 4.90 Å². The van der Waals surface area contributed by atoms with Gasteiger partial charge in [-0.15, -0.1) is 0 Å². The molecule has 1 aromatic carbocycles. The maximum atomic E-state index is 12.2. The van der Waals surface area contributed by atoms with Gasteiger partial charge < -0.3 is 14.6 Å². The molecule has 6 nitrogen and oxygen atoms in total. The van der Waals surface area contributed by atoms with Gasteiger partial charge in [-0.1, -0.05) is 12.1 Å². The summed E-state index contributed by atoms with van der Waals surface area (Å²) in [6, 6.07) is 8.98. The third kappa shape index (κ3) is 3.30. The summed E-state index contributed by atoms with van der Waals surface area (Å²) in [5.41, 5.74) is 2.53. The molecule has 1 aliphatic heterocycles. The number of carbonyl (C=O) groups is 1. The van der Waals surface area contributed by atoms with Gasteiger partial charge in [0, 0.05) is 24.3 Å². The minimum Gasteiger partial charge on any atom is -0.472 e. The van der Waals surface area contributed by atoms with E-state index in [1.807, 2.05) is 24.3 Å². The van der Waals surface area contributed by atoms with Crippen molar-refractivity contribution in [3.05, 3.63) is 42.9 Å². The smallest absolute Gasteiger partial charge is 0.321 e. The van der Waals surface area contributed by atoms with Gasteiger partial charge in [-0.05, 0) is 23.8 Å². The number of urea groups is 1. The van der Waals surface area contributed by atoms with Crippen molar-refractivity contribution in [3.8, 4) is 11.1 Å². The summed E-state index contributed by atoms with van der Waals surface area (Å²) in [7, 11) is -2.99. The van der Waals surface area contributed by atoms with Crippen LogP contribution in [-0.2, 0) is 9.84 Å². The quantitative estimate of drug-likeness (QED) is 0.920. The average Bonchev–Trinajstić information content (AvgIpc) is 3.01. The zero-order valence-corrected chi connectivity index (χ0v) is 12.7. The molecule has 2 heterocycles. The van der Waals surface area contributed by atoms with E-state index in [0.29, 0.717) is 5.69 Å². The molecule has 1 aliphatic rings. The normalized spacial score (nSPS) is 17.2. The van der Waals surface area contributed by atoms with E-state index in [1.54, 1.807) is 18.6 Å². The largest absolute Gasteiger partial charge is 0.472 e. The van der Waals surface area contributed by atoms with Crippen LogP contribution in [0.1, 0.15) is 0 Å². The Morgan fingerprint density at radius 3 is 2.59 bits per heavy atom. The number of benzene rings is 1. The molecule has 22 heavy (non-hydrogen) atoms. The molecule has 116 valence electrons. The monoisotopic (exact) mass is 320 g/mol. The van der Waals surface area contributed by atoms with E-state index in [-0.39, 0.29) is 30.6 Å². The summed E-state index contributed by atoms with van der Waals surface area (Å²) in [5, 5.41) is 2.80. The molecular weight excluding hydrogens is 304 g/mol. The highest BCUT2D eigenvalue weighted by atomic mass is 32.2. The molecule has 0 unspecified atom stereocenters. The highest BCUT2D eigenvalue weighted by Crippen LogP contribution is 2.23. The number of anilines is 1. The van der Waals surface area contributed by atoms with Gasteiger partial charge in [0.15, 0.2) is 9.84 Å². The number of furan rings is 1. The van der Waals surface area contributed by atoms with Crippen molar-refractivity contribution < 1.29 is 17.6 Å². The number of rotatable bonds is 2. The molecule has 2 aromatic rings. The maximum Gasteiger partial charge on any atom is 0.321 e. The van der Waals surface area contributed by atoms with Crippen LogP contribution in [0.15, 0.2) is 47.3 Å². The van der Waals surface area contributed by atoms with E-state index < -0.39 is 9.84 Å². The van der Waals surface area contributed by atoms with Gasteiger partial charge in [-0.25, -0.2) is 13.2 Å². The van der Waals surface area contributed by atoms with E-state index in [0.717, 1.165) is 11.1 Å². The highest BCUT2D eigenvalue weighted by Gasteiger charge is 2.24. The minimum absolute atomic E-state index is 0.0233. The first-order chi connectivity index (χ1) is 10.5. The maximum absolute atomic E-state index is 12.2. The standard InChI is InChI=1S/C15H16N2O4S/c18-15(17-5-8-22(19,20)9-6-17)16-14-3-1-2-12(10-14)13-4-7-21-11-13/h1-4,7,10-11H,5-6,8-9H2,(H,16,18). The van der Waals surface area contributed by atoms with Crippen molar-refractivity contribution >= 4 is 21.6 Å². The fourth-order valence-electron chi connectivity index (χ4n) is 2.32. The molecule has 0 atom stereocenters. The predicted octanol–water partition coefficient (Wildman–Crippen LogP) is 2.21. The van der Waals surface area contributed by atoms with E-state index in [2.05, 4.69) is 5.32 Å². The highest BCUT2D eigenvalue weighted by molar-refractivity contribution is 7.91. The Kier molecular flexibility index (Phi) is 3.89. The summed E-state index contributed by atoms with van der Waals surface area (Å²) in [5.74, 6) is 0.0466. The third-order valence-corrected chi connectivity index (χ3v) is 5.21. The lowest BCUT2D eigenvalue weighted by Gasteiger charge is -2.26. The Labute approximate surface area is 128 Å². The lowest BCUT2D eigenvalue weighted by atomic mass is 10.1. The van der Waals surface area contributed by atoms with Gasteiger partial charge in [0.1, 0.15) is 0 Å². The number of carbonyl (C=O) groups excluding carboxylic acids is 1. The number of hydrogen-bond donors (Lipinski definition) is 1. The molecule has 0 bridgehead atoms. The fourth-order valence-corrected chi connectivity index (χ4v) is 3.52. The van der Waals surface area contributed by atoms with Gasteiger partial charge >= 0.3 is 6.03 Å². The Morgan fingerprint density at radius 2 is 1.91 bits per heavy atom. The molecule has 1 N–H and O–H groups in total. The van der Waals surface area contributed by atoms with Crippen molar-refractivity contribution in [1.29, 1.82) is 0 Å². The Balaban J connectivity index is 1.68. The SMILES string of the molecule is O=C(Nc1cccc(-c2ccoc2)c1)N1CCS(=O)(=O)CC1. The average molecular weight is 320 g/mol. The van der Waals surface area contributed by atoms with Crippen LogP contribution in [0.25, 0.3) is 11.1 Å². The summed E-state index contributed by atoms with van der Waals surface area (Å²) < 4.78 is 27.8. The summed E-state index contributed by atoms with van der Waals surface area (Å²) in [4.78, 5) is 13.7. The molecule has 7 heteroatoms. The van der Waals surface area contributed by atoms with Crippen molar-refractivity contribution in [2.45, 2.75) is 0 Å². The van der Waals surface area contributed by atoms with Crippen molar-refractivity contribution in [2.75, 3.05) is 29.9 Å². The number of nitrogens with one attached hydrogen (secondary N) is 1. The molecular formula is C15H16N2O4S. The van der Waals surface area contributed by atoms with E-state index in [4.69, 9.17) is 4.42 Å². The van der Waals surface area contributed by atoms with Crippen LogP contribution in [0.2, 0.25) is 0 Å². The molecule has 2 amide bonds. The topological polar surface area (TPSA) is 79.6 Å². The number of sulfone groups is 1. The second-order valence-electron chi connectivity index (χ2n) is 5.16. The molecule has 3 rings (SSSR count). The first-order valence-corrected chi connectivity index (χ1v) is 8.75. The summed E-state index contributed by atoms with van der Waals surface area (Å²) in [6.07, 6.45) is 3.23. The lowest BCUT2D eigenvalue weighted by molar-refractivity contribution is 0.216. The van der Waals surface area contributed by atoms with Gasteiger partial charge in [0.05, 0.1) is 24.0 Å². The van der Waals surface area contributed by atoms with Crippen LogP contribution in [-0.4, -0.2) is 43.9 Å². The van der Waals surface area contributed by atoms with Gasteiger partial charge in [-0.2, -0.15) is 0 Å². The summed E-state index contributed by atoms with van der Waals surface area (Å²) >= 11 is 0. The van der Waals surface area contributed by atoms with Crippen molar-refractivity contribution in [2.24, 2.45) is 0 Å². The third-order valence-electron chi connectivity index (χ3n) is 3.60. The van der Waals surface area contributed by atoms with E-state index >= 15 is 0 Å². The zero-order valence-electron chi connectivity index (χ0n) is 11.9. The first-order valence-electron chi connectivity index (χ1n) is 6.92. The predicted molar refractivity (Wildman–Crippen MR) is 83.4 cm³/mol. The van der Waals surface area contributed by atoms with Crippen LogP contribution in [0, 0.1) is 0 Å². The second kappa shape index (κ2) is 5.84. The zero-order chi connectivity index (χ0) is 15.6. The molecule has 0 saturated carbocycles.